The lowest BCUT2D eigenvalue weighted by molar-refractivity contribution is -0.130. The molecule has 0 bridgehead atoms. The van der Waals surface area contributed by atoms with Crippen molar-refractivity contribution in [1.82, 2.24) is 5.48 Å². The SMILES string of the molecule is CC(C)(C)C(=O)Nc1ccc(CC(N)C(=O)NO)cc1. The molecular weight excluding hydrogens is 258 g/mol. The largest absolute Gasteiger partial charge is 0.326 e. The molecule has 1 rings (SSSR count). The number of nitrogens with one attached hydrogen (secondary N) is 2. The van der Waals surface area contributed by atoms with Crippen molar-refractivity contribution < 1.29 is 14.8 Å². The van der Waals surface area contributed by atoms with Gasteiger partial charge in [0.05, 0.1) is 6.04 Å². The summed E-state index contributed by atoms with van der Waals surface area (Å²) in [7, 11) is 0. The molecule has 2 amide bonds. The van der Waals surface area contributed by atoms with Gasteiger partial charge in [0.15, 0.2) is 0 Å². The number of hydroxylamine groups is 1. The molecule has 0 heterocycles. The summed E-state index contributed by atoms with van der Waals surface area (Å²) >= 11 is 0. The lowest BCUT2D eigenvalue weighted by atomic mass is 9.95. The monoisotopic (exact) mass is 279 g/mol. The molecule has 0 aliphatic carbocycles. The van der Waals surface area contributed by atoms with Crippen molar-refractivity contribution in [3.8, 4) is 0 Å². The lowest BCUT2D eigenvalue weighted by Gasteiger charge is -2.18. The zero-order valence-electron chi connectivity index (χ0n) is 11.9. The maximum absolute atomic E-state index is 11.8. The summed E-state index contributed by atoms with van der Waals surface area (Å²) in [6.45, 7) is 5.51. The maximum atomic E-state index is 11.8. The van der Waals surface area contributed by atoms with Gasteiger partial charge in [0.25, 0.3) is 5.91 Å². The number of carbonyl (C=O) groups is 2. The van der Waals surface area contributed by atoms with E-state index in [1.807, 2.05) is 20.8 Å². The minimum atomic E-state index is -0.810. The molecule has 1 atom stereocenters. The van der Waals surface area contributed by atoms with E-state index in [2.05, 4.69) is 5.32 Å². The molecule has 1 aromatic carbocycles. The molecule has 0 saturated carbocycles. The Bertz CT molecular complexity index is 477. The summed E-state index contributed by atoms with van der Waals surface area (Å²) < 4.78 is 0. The fourth-order valence-corrected chi connectivity index (χ4v) is 1.47. The van der Waals surface area contributed by atoms with Gasteiger partial charge in [0, 0.05) is 11.1 Å². The zero-order chi connectivity index (χ0) is 15.3. The van der Waals surface area contributed by atoms with E-state index in [1.54, 1.807) is 24.3 Å². The molecule has 20 heavy (non-hydrogen) atoms. The molecule has 1 unspecified atom stereocenters. The Balaban J connectivity index is 2.65. The number of anilines is 1. The highest BCUT2D eigenvalue weighted by atomic mass is 16.5. The van der Waals surface area contributed by atoms with Crippen molar-refractivity contribution >= 4 is 17.5 Å². The van der Waals surface area contributed by atoms with Crippen LogP contribution in [-0.4, -0.2) is 23.1 Å². The van der Waals surface area contributed by atoms with Crippen LogP contribution in [0.4, 0.5) is 5.69 Å². The molecule has 0 radical (unpaired) electrons. The average molecular weight is 279 g/mol. The highest BCUT2D eigenvalue weighted by Crippen LogP contribution is 2.18. The number of carbonyl (C=O) groups excluding carboxylic acids is 2. The van der Waals surface area contributed by atoms with Crippen LogP contribution in [0.1, 0.15) is 26.3 Å². The van der Waals surface area contributed by atoms with Crippen LogP contribution in [0.5, 0.6) is 0 Å². The van der Waals surface area contributed by atoms with E-state index < -0.39 is 17.4 Å². The molecule has 0 fully saturated rings. The van der Waals surface area contributed by atoms with Crippen molar-refractivity contribution in [2.24, 2.45) is 11.1 Å². The van der Waals surface area contributed by atoms with Crippen molar-refractivity contribution in [3.63, 3.8) is 0 Å². The van der Waals surface area contributed by atoms with E-state index in [0.29, 0.717) is 12.1 Å². The molecular formula is C14H21N3O3. The first-order valence-electron chi connectivity index (χ1n) is 6.34. The predicted octanol–water partition coefficient (Wildman–Crippen LogP) is 1.05. The summed E-state index contributed by atoms with van der Waals surface area (Å²) in [5.74, 6) is -0.697. The first kappa shape index (κ1) is 16.1. The third-order valence-corrected chi connectivity index (χ3v) is 2.80. The summed E-state index contributed by atoms with van der Waals surface area (Å²) in [4.78, 5) is 22.9. The van der Waals surface area contributed by atoms with Crippen molar-refractivity contribution in [2.45, 2.75) is 33.2 Å². The highest BCUT2D eigenvalue weighted by Gasteiger charge is 2.21. The molecule has 0 aliphatic heterocycles. The molecule has 110 valence electrons. The van der Waals surface area contributed by atoms with Crippen LogP contribution in [0.15, 0.2) is 24.3 Å². The van der Waals surface area contributed by atoms with Crippen LogP contribution in [0.2, 0.25) is 0 Å². The standard InChI is InChI=1S/C14H21N3O3/c1-14(2,3)13(19)16-10-6-4-9(5-7-10)8-11(15)12(18)17-20/h4-7,11,20H,8,15H2,1-3H3,(H,16,19)(H,17,18). The fraction of sp³-hybridized carbons (Fsp3) is 0.429. The maximum Gasteiger partial charge on any atom is 0.260 e. The number of amides is 2. The molecule has 0 saturated heterocycles. The Hall–Kier alpha value is -1.92. The van der Waals surface area contributed by atoms with Crippen LogP contribution in [0.3, 0.4) is 0 Å². The van der Waals surface area contributed by atoms with Gasteiger partial charge in [0.2, 0.25) is 5.91 Å². The number of rotatable bonds is 4. The Morgan fingerprint density at radius 1 is 1.25 bits per heavy atom. The zero-order valence-corrected chi connectivity index (χ0v) is 11.9. The first-order valence-corrected chi connectivity index (χ1v) is 6.34. The second-order valence-corrected chi connectivity index (χ2v) is 5.69. The molecule has 0 aliphatic rings. The summed E-state index contributed by atoms with van der Waals surface area (Å²) in [5, 5.41) is 11.3. The van der Waals surface area contributed by atoms with Crippen LogP contribution in [0.25, 0.3) is 0 Å². The lowest BCUT2D eigenvalue weighted by Crippen LogP contribution is -2.40. The third kappa shape index (κ3) is 4.64. The normalized spacial score (nSPS) is 12.7. The summed E-state index contributed by atoms with van der Waals surface area (Å²) in [6.07, 6.45) is 0.305. The fourth-order valence-electron chi connectivity index (χ4n) is 1.47. The highest BCUT2D eigenvalue weighted by molar-refractivity contribution is 5.94. The first-order chi connectivity index (χ1) is 9.24. The van der Waals surface area contributed by atoms with Gasteiger partial charge in [-0.05, 0) is 24.1 Å². The van der Waals surface area contributed by atoms with Crippen LogP contribution >= 0.6 is 0 Å². The number of benzene rings is 1. The van der Waals surface area contributed by atoms with Gasteiger partial charge < -0.3 is 11.1 Å². The molecule has 1 aromatic rings. The minimum Gasteiger partial charge on any atom is -0.326 e. The van der Waals surface area contributed by atoms with Gasteiger partial charge in [-0.2, -0.15) is 0 Å². The molecule has 5 N–H and O–H groups in total. The van der Waals surface area contributed by atoms with Gasteiger partial charge in [-0.1, -0.05) is 32.9 Å². The summed E-state index contributed by atoms with van der Waals surface area (Å²) in [5.41, 5.74) is 8.19. The van der Waals surface area contributed by atoms with Crippen LogP contribution in [-0.2, 0) is 16.0 Å². The molecule has 6 nitrogen and oxygen atoms in total. The Labute approximate surface area is 118 Å². The van der Waals surface area contributed by atoms with Gasteiger partial charge in [0.1, 0.15) is 0 Å². The Morgan fingerprint density at radius 2 is 1.80 bits per heavy atom. The van der Waals surface area contributed by atoms with Crippen molar-refractivity contribution in [3.05, 3.63) is 29.8 Å². The van der Waals surface area contributed by atoms with Gasteiger partial charge >= 0.3 is 0 Å². The second kappa shape index (κ2) is 6.49. The van der Waals surface area contributed by atoms with E-state index in [4.69, 9.17) is 10.9 Å². The van der Waals surface area contributed by atoms with E-state index in [0.717, 1.165) is 5.56 Å². The number of nitrogens with two attached hydrogens (primary N) is 1. The number of hydrogen-bond acceptors (Lipinski definition) is 4. The Kier molecular flexibility index (Phi) is 5.24. The van der Waals surface area contributed by atoms with E-state index in [-0.39, 0.29) is 5.91 Å². The van der Waals surface area contributed by atoms with Crippen LogP contribution < -0.4 is 16.5 Å². The molecule has 0 spiro atoms. The second-order valence-electron chi connectivity index (χ2n) is 5.69. The molecule has 0 aromatic heterocycles. The third-order valence-electron chi connectivity index (χ3n) is 2.80. The quantitative estimate of drug-likeness (QED) is 0.488. The molecule has 6 heteroatoms. The smallest absolute Gasteiger partial charge is 0.260 e. The van der Waals surface area contributed by atoms with Gasteiger partial charge in [-0.25, -0.2) is 5.48 Å². The van der Waals surface area contributed by atoms with Crippen molar-refractivity contribution in [1.29, 1.82) is 0 Å². The summed E-state index contributed by atoms with van der Waals surface area (Å²) in [6, 6.07) is 6.26. The van der Waals surface area contributed by atoms with E-state index in [9.17, 15) is 9.59 Å². The van der Waals surface area contributed by atoms with E-state index >= 15 is 0 Å². The predicted molar refractivity (Wildman–Crippen MR) is 76.1 cm³/mol. The minimum absolute atomic E-state index is 0.0680. The average Bonchev–Trinajstić information content (AvgIpc) is 2.38. The van der Waals surface area contributed by atoms with Crippen LogP contribution in [0, 0.1) is 5.41 Å². The van der Waals surface area contributed by atoms with Crippen molar-refractivity contribution in [2.75, 3.05) is 5.32 Å². The van der Waals surface area contributed by atoms with Gasteiger partial charge in [-0.15, -0.1) is 0 Å². The number of hydrogen-bond donors (Lipinski definition) is 4. The Morgan fingerprint density at radius 3 is 2.25 bits per heavy atom. The van der Waals surface area contributed by atoms with E-state index in [1.165, 1.54) is 5.48 Å². The topological polar surface area (TPSA) is 104 Å². The van der Waals surface area contributed by atoms with Gasteiger partial charge in [-0.3, -0.25) is 14.8 Å².